The number of carbonyl (C=O) groups is 2. The Balaban J connectivity index is 1.71. The zero-order valence-electron chi connectivity index (χ0n) is 12.1. The van der Waals surface area contributed by atoms with E-state index in [1.807, 2.05) is 20.8 Å². The van der Waals surface area contributed by atoms with E-state index in [9.17, 15) is 9.59 Å². The SMILES string of the molecule is CC(C)(C)C(=O)NCC(=O)NC1CC2CCC(C1)N2. The third-order valence-corrected chi connectivity index (χ3v) is 3.93. The van der Waals surface area contributed by atoms with Crippen molar-refractivity contribution in [2.45, 2.75) is 64.6 Å². The number of rotatable bonds is 3. The summed E-state index contributed by atoms with van der Waals surface area (Å²) in [6, 6.07) is 1.39. The van der Waals surface area contributed by atoms with Gasteiger partial charge in [-0.1, -0.05) is 20.8 Å². The minimum atomic E-state index is -0.450. The van der Waals surface area contributed by atoms with E-state index >= 15 is 0 Å². The summed E-state index contributed by atoms with van der Waals surface area (Å²) in [7, 11) is 0. The van der Waals surface area contributed by atoms with E-state index in [4.69, 9.17) is 0 Å². The number of nitrogens with one attached hydrogen (secondary N) is 3. The van der Waals surface area contributed by atoms with Gasteiger partial charge in [-0.2, -0.15) is 0 Å². The first kappa shape index (κ1) is 14.3. The number of carbonyl (C=O) groups excluding carboxylic acids is 2. The fraction of sp³-hybridized carbons (Fsp3) is 0.857. The Morgan fingerprint density at radius 3 is 2.26 bits per heavy atom. The molecule has 0 radical (unpaired) electrons. The topological polar surface area (TPSA) is 70.2 Å². The van der Waals surface area contributed by atoms with Gasteiger partial charge in [0.05, 0.1) is 6.54 Å². The average molecular weight is 267 g/mol. The van der Waals surface area contributed by atoms with Crippen molar-refractivity contribution in [2.75, 3.05) is 6.54 Å². The van der Waals surface area contributed by atoms with Crippen molar-refractivity contribution in [2.24, 2.45) is 5.41 Å². The summed E-state index contributed by atoms with van der Waals surface area (Å²) in [6.07, 6.45) is 4.46. The summed E-state index contributed by atoms with van der Waals surface area (Å²) in [4.78, 5) is 23.5. The van der Waals surface area contributed by atoms with Crippen molar-refractivity contribution in [3.63, 3.8) is 0 Å². The van der Waals surface area contributed by atoms with Gasteiger partial charge >= 0.3 is 0 Å². The summed E-state index contributed by atoms with van der Waals surface area (Å²) in [6.45, 7) is 5.59. The molecule has 0 aromatic carbocycles. The van der Waals surface area contributed by atoms with Crippen LogP contribution in [-0.2, 0) is 9.59 Å². The predicted octanol–water partition coefficient (Wildman–Crippen LogP) is 0.548. The van der Waals surface area contributed by atoms with E-state index in [0.717, 1.165) is 12.8 Å². The van der Waals surface area contributed by atoms with Crippen LogP contribution in [0.1, 0.15) is 46.5 Å². The van der Waals surface area contributed by atoms with Gasteiger partial charge in [0.15, 0.2) is 0 Å². The molecule has 2 heterocycles. The quantitative estimate of drug-likeness (QED) is 0.699. The van der Waals surface area contributed by atoms with Crippen molar-refractivity contribution in [1.29, 1.82) is 0 Å². The molecule has 5 heteroatoms. The maximum Gasteiger partial charge on any atom is 0.239 e. The maximum atomic E-state index is 11.8. The first-order chi connectivity index (χ1) is 8.84. The second-order valence-corrected chi connectivity index (χ2v) is 6.81. The third kappa shape index (κ3) is 3.93. The number of fused-ring (bicyclic) bond motifs is 2. The Labute approximate surface area is 114 Å². The van der Waals surface area contributed by atoms with Crippen LogP contribution >= 0.6 is 0 Å². The summed E-state index contributed by atoms with van der Waals surface area (Å²) in [5.74, 6) is -0.170. The third-order valence-electron chi connectivity index (χ3n) is 3.93. The van der Waals surface area contributed by atoms with Gasteiger partial charge in [-0.25, -0.2) is 0 Å². The van der Waals surface area contributed by atoms with E-state index in [1.54, 1.807) is 0 Å². The van der Waals surface area contributed by atoms with Crippen LogP contribution in [0.5, 0.6) is 0 Å². The molecule has 2 bridgehead atoms. The molecule has 0 aromatic rings. The zero-order chi connectivity index (χ0) is 14.0. The molecule has 3 N–H and O–H groups in total. The molecule has 2 unspecified atom stereocenters. The highest BCUT2D eigenvalue weighted by molar-refractivity contribution is 5.87. The van der Waals surface area contributed by atoms with Crippen LogP contribution in [-0.4, -0.2) is 36.5 Å². The second kappa shape index (κ2) is 5.49. The van der Waals surface area contributed by atoms with Crippen molar-refractivity contribution in [3.8, 4) is 0 Å². The lowest BCUT2D eigenvalue weighted by atomic mass is 9.96. The number of piperidine rings is 1. The molecule has 2 amide bonds. The van der Waals surface area contributed by atoms with Crippen LogP contribution in [0.25, 0.3) is 0 Å². The highest BCUT2D eigenvalue weighted by atomic mass is 16.2. The molecule has 0 saturated carbocycles. The maximum absolute atomic E-state index is 11.8. The van der Waals surface area contributed by atoms with Gasteiger partial charge in [0.25, 0.3) is 0 Å². The molecular formula is C14H25N3O2. The molecule has 2 aliphatic heterocycles. The first-order valence-electron chi connectivity index (χ1n) is 7.18. The molecular weight excluding hydrogens is 242 g/mol. The van der Waals surface area contributed by atoms with E-state index in [-0.39, 0.29) is 24.4 Å². The van der Waals surface area contributed by atoms with Crippen LogP contribution in [0.3, 0.4) is 0 Å². The standard InChI is InChI=1S/C14H25N3O2/c1-14(2,3)13(19)15-8-12(18)17-11-6-9-4-5-10(7-11)16-9/h9-11,16H,4-8H2,1-3H3,(H,15,19)(H,17,18). The van der Waals surface area contributed by atoms with Crippen molar-refractivity contribution in [1.82, 2.24) is 16.0 Å². The lowest BCUT2D eigenvalue weighted by molar-refractivity contribution is -0.131. The molecule has 5 nitrogen and oxygen atoms in total. The lowest BCUT2D eigenvalue weighted by Crippen LogP contribution is -2.50. The molecule has 2 saturated heterocycles. The molecule has 0 aliphatic carbocycles. The van der Waals surface area contributed by atoms with Crippen LogP contribution in [0, 0.1) is 5.41 Å². The molecule has 2 aliphatic rings. The Morgan fingerprint density at radius 2 is 1.74 bits per heavy atom. The molecule has 2 rings (SSSR count). The van der Waals surface area contributed by atoms with Gasteiger partial charge in [-0.3, -0.25) is 9.59 Å². The average Bonchev–Trinajstić information content (AvgIpc) is 2.64. The van der Waals surface area contributed by atoms with Crippen molar-refractivity contribution >= 4 is 11.8 Å². The Hall–Kier alpha value is -1.10. The van der Waals surface area contributed by atoms with E-state index < -0.39 is 5.41 Å². The van der Waals surface area contributed by atoms with E-state index in [2.05, 4.69) is 16.0 Å². The summed E-state index contributed by atoms with van der Waals surface area (Å²) in [5, 5.41) is 9.26. The highest BCUT2D eigenvalue weighted by Gasteiger charge is 2.34. The Bertz CT molecular complexity index is 350. The van der Waals surface area contributed by atoms with Crippen LogP contribution in [0.15, 0.2) is 0 Å². The Morgan fingerprint density at radius 1 is 1.16 bits per heavy atom. The molecule has 0 aromatic heterocycles. The molecule has 0 spiro atoms. The predicted molar refractivity (Wildman–Crippen MR) is 73.6 cm³/mol. The van der Waals surface area contributed by atoms with Gasteiger partial charge in [-0.05, 0) is 25.7 Å². The number of hydrogen-bond donors (Lipinski definition) is 3. The fourth-order valence-electron chi connectivity index (χ4n) is 2.88. The molecule has 108 valence electrons. The first-order valence-corrected chi connectivity index (χ1v) is 7.18. The van der Waals surface area contributed by atoms with Gasteiger partial charge in [0.1, 0.15) is 0 Å². The molecule has 2 atom stereocenters. The van der Waals surface area contributed by atoms with E-state index in [1.165, 1.54) is 12.8 Å². The smallest absolute Gasteiger partial charge is 0.239 e. The van der Waals surface area contributed by atoms with Crippen molar-refractivity contribution < 1.29 is 9.59 Å². The monoisotopic (exact) mass is 267 g/mol. The summed E-state index contributed by atoms with van der Waals surface area (Å²) < 4.78 is 0. The number of hydrogen-bond acceptors (Lipinski definition) is 3. The Kier molecular flexibility index (Phi) is 4.13. The summed E-state index contributed by atoms with van der Waals surface area (Å²) >= 11 is 0. The largest absolute Gasteiger partial charge is 0.352 e. The minimum Gasteiger partial charge on any atom is -0.352 e. The number of amides is 2. The van der Waals surface area contributed by atoms with Crippen LogP contribution in [0.2, 0.25) is 0 Å². The van der Waals surface area contributed by atoms with Crippen LogP contribution in [0.4, 0.5) is 0 Å². The highest BCUT2D eigenvalue weighted by Crippen LogP contribution is 2.26. The van der Waals surface area contributed by atoms with Gasteiger partial charge in [0, 0.05) is 23.5 Å². The molecule has 19 heavy (non-hydrogen) atoms. The minimum absolute atomic E-state index is 0.0787. The van der Waals surface area contributed by atoms with E-state index in [0.29, 0.717) is 12.1 Å². The normalized spacial score (nSPS) is 29.9. The van der Waals surface area contributed by atoms with Gasteiger partial charge < -0.3 is 16.0 Å². The fourth-order valence-corrected chi connectivity index (χ4v) is 2.88. The second-order valence-electron chi connectivity index (χ2n) is 6.81. The van der Waals surface area contributed by atoms with Gasteiger partial charge in [-0.15, -0.1) is 0 Å². The van der Waals surface area contributed by atoms with Crippen LogP contribution < -0.4 is 16.0 Å². The van der Waals surface area contributed by atoms with Gasteiger partial charge in [0.2, 0.25) is 11.8 Å². The summed E-state index contributed by atoms with van der Waals surface area (Å²) in [5.41, 5.74) is -0.450. The lowest BCUT2D eigenvalue weighted by Gasteiger charge is -2.29. The zero-order valence-corrected chi connectivity index (χ0v) is 12.1. The van der Waals surface area contributed by atoms with Crippen molar-refractivity contribution in [3.05, 3.63) is 0 Å². The molecule has 2 fully saturated rings.